The number of hydrogen-bond acceptors (Lipinski definition) is 18. The fourth-order valence-corrected chi connectivity index (χ4v) is 14.7. The zero-order valence-corrected chi connectivity index (χ0v) is 67.8. The Morgan fingerprint density at radius 1 is 0.446 bits per heavy atom. The minimum Gasteiger partial charge on any atom is -0.444 e. The molecule has 0 saturated carbocycles. The number of rotatable bonds is 18. The molecule has 17 rings (SSSR count). The first kappa shape index (κ1) is 85.4. The highest BCUT2D eigenvalue weighted by Gasteiger charge is 2.37. The van der Waals surface area contributed by atoms with Crippen LogP contribution in [0.2, 0.25) is 0 Å². The molecule has 6 unspecified atom stereocenters. The minimum absolute atomic E-state index is 0.0429. The van der Waals surface area contributed by atoms with Crippen molar-refractivity contribution in [2.45, 2.75) is 107 Å². The first-order valence-electron chi connectivity index (χ1n) is 38.5. The maximum absolute atomic E-state index is 14.6. The summed E-state index contributed by atoms with van der Waals surface area (Å²) in [5.41, 5.74) is 14.4. The number of halogens is 5. The Balaban J connectivity index is 0.000000131. The van der Waals surface area contributed by atoms with Gasteiger partial charge in [0, 0.05) is 73.3 Å². The van der Waals surface area contributed by atoms with Gasteiger partial charge in [0.15, 0.2) is 11.3 Å². The van der Waals surface area contributed by atoms with E-state index in [1.165, 1.54) is 91.5 Å². The van der Waals surface area contributed by atoms with Crippen LogP contribution in [0.3, 0.4) is 0 Å². The zero-order valence-electron chi connectivity index (χ0n) is 66.2. The first-order valence-corrected chi connectivity index (χ1v) is 41.6. The second-order valence-corrected chi connectivity index (χ2v) is 31.4. The van der Waals surface area contributed by atoms with Crippen LogP contribution in [-0.2, 0) is 44.5 Å². The highest BCUT2D eigenvalue weighted by atomic mass is 32.2. The number of amides is 6. The van der Waals surface area contributed by atoms with Crippen molar-refractivity contribution in [2.75, 3.05) is 63.5 Å². The van der Waals surface area contributed by atoms with Crippen LogP contribution >= 0.6 is 0 Å². The van der Waals surface area contributed by atoms with Crippen LogP contribution in [0.1, 0.15) is 77.1 Å². The summed E-state index contributed by atoms with van der Waals surface area (Å²) in [6.07, 6.45) is 8.66. The van der Waals surface area contributed by atoms with E-state index in [2.05, 4.69) is 20.3 Å². The number of cyclic esters (lactones) is 5. The normalized spacial score (nSPS) is 17.6. The molecule has 5 aliphatic heterocycles. The smallest absolute Gasteiger partial charge is 0.414 e. The maximum atomic E-state index is 14.6. The number of pyridine rings is 2. The third-order valence-electron chi connectivity index (χ3n) is 20.6. The maximum Gasteiger partial charge on any atom is 0.414 e. The molecule has 12 aromatic rings. The van der Waals surface area contributed by atoms with E-state index in [4.69, 9.17) is 34.6 Å². The van der Waals surface area contributed by atoms with Crippen molar-refractivity contribution in [1.29, 1.82) is 0 Å². The van der Waals surface area contributed by atoms with Gasteiger partial charge in [-0.1, -0.05) is 71.0 Å². The van der Waals surface area contributed by atoms with Gasteiger partial charge < -0.3 is 29.4 Å². The second kappa shape index (κ2) is 37.2. The number of primary sulfonamides is 1. The summed E-state index contributed by atoms with van der Waals surface area (Å²) < 4.78 is 136. The number of sulfonamides is 1. The first-order chi connectivity index (χ1) is 58.1. The fraction of sp³-hybridized carbons (Fsp3) is 0.241. The predicted octanol–water partition coefficient (Wildman–Crippen LogP) is 16.7. The standard InChI is InChI=1S/C18H17FN2O3.C18H18FNO3S.2C17H15FN4O2.C17H17FN2O4S/c1-2-14-10-21(18(23)24-14)13-6-7-15(16(19)9-13)11-4-3-5-12(8-11)17(20)22;1-3-14-11-20(18(21)23-14)13-6-9-16(17(19)10-13)12-4-7-15(8-5-12)24(2)22;1-2-13-9-22(17(23)24-13)12-4-5-14(15(18)7-12)11-3-6-16-20-19-10-21(16)8-11;1-2-13-9-21(17(23)24-13)12-3-4-14(15(18)8-12)11-5-6-22-16(7-11)19-10-20-22;1-2-13-10-20(17(21)24-13)12-5-8-15(16(18)9-12)11-3-6-14(7-4-11)25(19,22)23/h3-9,14H,2,10H2,1H3,(H2,20,22);4-10,14H,3,11H2,1-2H3;2*3-8,10,13H,2,9H2,1H3;3-9,13H,2,10H2,1H3,(H2,19,22,23). The average Bonchev–Trinajstić information content (AvgIpc) is 1.73. The second-order valence-electron chi connectivity index (χ2n) is 28.4. The van der Waals surface area contributed by atoms with Crippen molar-refractivity contribution in [3.8, 4) is 55.6 Å². The lowest BCUT2D eigenvalue weighted by Crippen LogP contribution is -2.24. The van der Waals surface area contributed by atoms with Gasteiger partial charge in [0.1, 0.15) is 72.3 Å². The van der Waals surface area contributed by atoms with E-state index >= 15 is 0 Å². The largest absolute Gasteiger partial charge is 0.444 e. The van der Waals surface area contributed by atoms with E-state index in [0.29, 0.717) is 151 Å². The van der Waals surface area contributed by atoms with E-state index in [0.717, 1.165) is 19.3 Å². The van der Waals surface area contributed by atoms with Crippen LogP contribution in [0.15, 0.2) is 223 Å². The molecule has 121 heavy (non-hydrogen) atoms. The molecule has 0 aliphatic carbocycles. The summed E-state index contributed by atoms with van der Waals surface area (Å²) in [6.45, 7) is 11.8. The van der Waals surface area contributed by atoms with Crippen LogP contribution in [0.5, 0.6) is 0 Å². The van der Waals surface area contributed by atoms with Crippen LogP contribution < -0.4 is 35.4 Å². The Bertz CT molecular complexity index is 5900. The molecule has 27 nitrogen and oxygen atoms in total. The summed E-state index contributed by atoms with van der Waals surface area (Å²) in [6, 6.07) is 49.3. The van der Waals surface area contributed by atoms with Gasteiger partial charge in [-0.25, -0.2) is 69.0 Å². The third-order valence-corrected chi connectivity index (χ3v) is 22.5. The molecular weight excluding hydrogens is 1610 g/mol. The summed E-state index contributed by atoms with van der Waals surface area (Å²) in [5, 5.41) is 16.8. The highest BCUT2D eigenvalue weighted by molar-refractivity contribution is 7.89. The van der Waals surface area contributed by atoms with Gasteiger partial charge in [0.2, 0.25) is 15.9 Å². The number of aromatic nitrogens is 6. The van der Waals surface area contributed by atoms with E-state index in [-0.39, 0.29) is 35.4 Å². The van der Waals surface area contributed by atoms with Crippen molar-refractivity contribution in [3.05, 3.63) is 248 Å². The molecule has 6 amide bonds. The molecule has 4 N–H and O–H groups in total. The number of carbonyl (C=O) groups excluding carboxylic acids is 6. The van der Waals surface area contributed by atoms with Crippen molar-refractivity contribution in [3.63, 3.8) is 0 Å². The number of hydrogen-bond donors (Lipinski definition) is 2. The summed E-state index contributed by atoms with van der Waals surface area (Å²) in [5.74, 6) is -2.78. The molecule has 9 heterocycles. The Labute approximate surface area is 694 Å². The number of ether oxygens (including phenoxy) is 5. The number of nitrogens with two attached hydrogens (primary N) is 2. The molecule has 8 aromatic carbocycles. The SMILES string of the molecule is CCC1CN(c2ccc(-c3ccc(S(C)=O)cc3)c(F)c2)C(=O)O1.CCC1CN(c2ccc(-c3ccc(S(N)(=O)=O)cc3)c(F)c2)C(=O)O1.CCC1CN(c2ccc(-c3ccc4nncn4c3)c(F)c2)C(=O)O1.CCC1CN(c2ccc(-c3cccc(C(N)=O)c3)c(F)c2)C(=O)O1.CCC1CN(c2ccc(-c3ccn4ncnc4c3)c(F)c2)C(=O)O1. The lowest BCUT2D eigenvalue weighted by atomic mass is 10.0. The topological polar surface area (TPSA) is 328 Å². The lowest BCUT2D eigenvalue weighted by Gasteiger charge is -2.14. The van der Waals surface area contributed by atoms with Gasteiger partial charge in [0.25, 0.3) is 0 Å². The number of benzene rings is 8. The Kier molecular flexibility index (Phi) is 26.3. The molecule has 5 saturated heterocycles. The number of nitrogens with zero attached hydrogens (tertiary/aromatic N) is 11. The van der Waals surface area contributed by atoms with Gasteiger partial charge in [-0.2, -0.15) is 5.10 Å². The van der Waals surface area contributed by atoms with Crippen LogP contribution in [-0.4, -0.2) is 148 Å². The van der Waals surface area contributed by atoms with Gasteiger partial charge in [-0.3, -0.25) is 37.9 Å². The summed E-state index contributed by atoms with van der Waals surface area (Å²) in [7, 11) is -4.86. The molecule has 34 heteroatoms. The number of fused-ring (bicyclic) bond motifs is 2. The zero-order chi connectivity index (χ0) is 86.1. The Morgan fingerprint density at radius 3 is 1.15 bits per heavy atom. The number of primary amides is 1. The average molecular weight is 1690 g/mol. The molecule has 0 radical (unpaired) electrons. The van der Waals surface area contributed by atoms with E-state index in [1.807, 2.05) is 34.6 Å². The van der Waals surface area contributed by atoms with E-state index in [9.17, 15) is 63.3 Å². The summed E-state index contributed by atoms with van der Waals surface area (Å²) in [4.78, 5) is 82.6. The van der Waals surface area contributed by atoms with Gasteiger partial charge >= 0.3 is 30.5 Å². The van der Waals surface area contributed by atoms with Crippen molar-refractivity contribution in [1.82, 2.24) is 29.2 Å². The van der Waals surface area contributed by atoms with Gasteiger partial charge in [-0.15, -0.1) is 10.2 Å². The highest BCUT2D eigenvalue weighted by Crippen LogP contribution is 2.37. The quantitative estimate of drug-likeness (QED) is 0.0595. The minimum atomic E-state index is -3.80. The van der Waals surface area contributed by atoms with Gasteiger partial charge in [0.05, 0.1) is 66.1 Å². The van der Waals surface area contributed by atoms with Crippen LogP contribution in [0, 0.1) is 29.1 Å². The van der Waals surface area contributed by atoms with Crippen molar-refractivity contribution >= 4 is 96.9 Å². The Morgan fingerprint density at radius 2 is 0.802 bits per heavy atom. The molecular formula is C87H82F5N13O14S2. The monoisotopic (exact) mass is 1690 g/mol. The van der Waals surface area contributed by atoms with E-state index < -0.39 is 86.3 Å². The summed E-state index contributed by atoms with van der Waals surface area (Å²) >= 11 is 0. The van der Waals surface area contributed by atoms with E-state index in [1.54, 1.807) is 161 Å². The fourth-order valence-electron chi connectivity index (χ4n) is 13.7. The van der Waals surface area contributed by atoms with Gasteiger partial charge in [-0.05, 0) is 206 Å². The van der Waals surface area contributed by atoms with Crippen molar-refractivity contribution < 1.29 is 87.0 Å². The molecule has 0 bridgehead atoms. The van der Waals surface area contributed by atoms with Crippen LogP contribution in [0.4, 0.5) is 74.4 Å². The molecule has 0 spiro atoms. The molecule has 5 aliphatic rings. The van der Waals surface area contributed by atoms with Crippen molar-refractivity contribution in [2.24, 2.45) is 10.9 Å². The van der Waals surface area contributed by atoms with Crippen LogP contribution in [0.25, 0.3) is 66.9 Å². The Hall–Kier alpha value is -13.5. The predicted molar refractivity (Wildman–Crippen MR) is 444 cm³/mol. The molecule has 626 valence electrons. The molecule has 6 atom stereocenters. The molecule has 4 aromatic heterocycles. The number of carbonyl (C=O) groups is 6. The third kappa shape index (κ3) is 19.6. The lowest BCUT2D eigenvalue weighted by molar-refractivity contribution is 0.0999. The number of anilines is 5. The molecule has 5 fully saturated rings.